The number of aromatic nitrogens is 2. The first-order chi connectivity index (χ1) is 14.7. The largest absolute Gasteiger partial charge is 0.497 e. The van der Waals surface area contributed by atoms with Gasteiger partial charge in [-0.25, -0.2) is 14.8 Å². The first-order valence-electron chi connectivity index (χ1n) is 9.13. The maximum atomic E-state index is 12.1. The molecule has 0 saturated heterocycles. The molecule has 1 N–H and O–H groups in total. The highest BCUT2D eigenvalue weighted by Crippen LogP contribution is 2.28. The Balaban J connectivity index is 1.69. The van der Waals surface area contributed by atoms with Gasteiger partial charge in [0.15, 0.2) is 5.16 Å². The van der Waals surface area contributed by atoms with Crippen LogP contribution in [0.15, 0.2) is 59.8 Å². The van der Waals surface area contributed by atoms with Crippen LogP contribution in [0.3, 0.4) is 0 Å². The average molecular weight is 420 g/mol. The molecule has 0 atom stereocenters. The van der Waals surface area contributed by atoms with E-state index in [4.69, 9.17) is 9.47 Å². The summed E-state index contributed by atoms with van der Waals surface area (Å²) < 4.78 is 10.4. The lowest BCUT2D eigenvalue weighted by atomic mass is 10.1. The summed E-state index contributed by atoms with van der Waals surface area (Å²) in [6.45, 7) is 0.421. The zero-order valence-electron chi connectivity index (χ0n) is 16.6. The Labute approximate surface area is 179 Å². The fourth-order valence-electron chi connectivity index (χ4n) is 2.69. The SMILES string of the molecule is COc1ccc(C(=O)OCCNc2nc(SC)nc(-c3ccccc3)c2C#N)cc1. The number of anilines is 1. The van der Waals surface area contributed by atoms with E-state index in [0.717, 1.165) is 5.56 Å². The number of thioether (sulfide) groups is 1. The minimum atomic E-state index is -0.433. The third-order valence-electron chi connectivity index (χ3n) is 4.18. The van der Waals surface area contributed by atoms with Crippen LogP contribution in [0.1, 0.15) is 15.9 Å². The molecule has 0 radical (unpaired) electrons. The van der Waals surface area contributed by atoms with E-state index in [2.05, 4.69) is 21.4 Å². The number of methoxy groups -OCH3 is 1. The summed E-state index contributed by atoms with van der Waals surface area (Å²) >= 11 is 1.39. The lowest BCUT2D eigenvalue weighted by Gasteiger charge is -2.12. The van der Waals surface area contributed by atoms with Gasteiger partial charge in [0.1, 0.15) is 29.8 Å². The van der Waals surface area contributed by atoms with E-state index in [9.17, 15) is 10.1 Å². The van der Waals surface area contributed by atoms with Crippen LogP contribution < -0.4 is 10.1 Å². The van der Waals surface area contributed by atoms with E-state index in [0.29, 0.717) is 40.1 Å². The first kappa shape index (κ1) is 21.1. The van der Waals surface area contributed by atoms with Gasteiger partial charge in [-0.15, -0.1) is 0 Å². The fraction of sp³-hybridized carbons (Fsp3) is 0.182. The second kappa shape index (κ2) is 10.3. The minimum Gasteiger partial charge on any atom is -0.497 e. The molecule has 152 valence electrons. The van der Waals surface area contributed by atoms with Gasteiger partial charge in [0.05, 0.1) is 24.9 Å². The third-order valence-corrected chi connectivity index (χ3v) is 4.73. The molecular formula is C22H20N4O3S. The summed E-state index contributed by atoms with van der Waals surface area (Å²) in [6.07, 6.45) is 1.87. The summed E-state index contributed by atoms with van der Waals surface area (Å²) in [5.74, 6) is 0.647. The fourth-order valence-corrected chi connectivity index (χ4v) is 3.06. The monoisotopic (exact) mass is 420 g/mol. The zero-order valence-corrected chi connectivity index (χ0v) is 17.4. The highest BCUT2D eigenvalue weighted by molar-refractivity contribution is 7.98. The van der Waals surface area contributed by atoms with Crippen molar-refractivity contribution in [1.82, 2.24) is 9.97 Å². The molecule has 3 aromatic rings. The maximum absolute atomic E-state index is 12.1. The predicted molar refractivity (Wildman–Crippen MR) is 116 cm³/mol. The zero-order chi connectivity index (χ0) is 21.3. The van der Waals surface area contributed by atoms with Crippen LogP contribution in [0.25, 0.3) is 11.3 Å². The molecule has 0 aliphatic carbocycles. The van der Waals surface area contributed by atoms with Gasteiger partial charge in [0.2, 0.25) is 0 Å². The molecule has 7 nitrogen and oxygen atoms in total. The molecule has 0 saturated carbocycles. The lowest BCUT2D eigenvalue weighted by Crippen LogP contribution is -2.16. The molecule has 3 rings (SSSR count). The van der Waals surface area contributed by atoms with Crippen molar-refractivity contribution in [1.29, 1.82) is 5.26 Å². The van der Waals surface area contributed by atoms with Gasteiger partial charge >= 0.3 is 5.97 Å². The third kappa shape index (κ3) is 5.07. The Morgan fingerprint density at radius 1 is 1.13 bits per heavy atom. The van der Waals surface area contributed by atoms with E-state index >= 15 is 0 Å². The second-order valence-electron chi connectivity index (χ2n) is 6.05. The summed E-state index contributed by atoms with van der Waals surface area (Å²) in [6, 6.07) is 18.3. The van der Waals surface area contributed by atoms with Crippen LogP contribution in [0.2, 0.25) is 0 Å². The molecule has 0 fully saturated rings. The number of hydrogen-bond donors (Lipinski definition) is 1. The molecule has 8 heteroatoms. The van der Waals surface area contributed by atoms with Gasteiger partial charge in [-0.3, -0.25) is 0 Å². The summed E-state index contributed by atoms with van der Waals surface area (Å²) in [4.78, 5) is 21.0. The maximum Gasteiger partial charge on any atom is 0.338 e. The number of esters is 1. The van der Waals surface area contributed by atoms with Crippen LogP contribution in [0.5, 0.6) is 5.75 Å². The average Bonchev–Trinajstić information content (AvgIpc) is 2.81. The molecule has 2 aromatic carbocycles. The van der Waals surface area contributed by atoms with Gasteiger partial charge in [-0.2, -0.15) is 5.26 Å². The van der Waals surface area contributed by atoms with Crippen molar-refractivity contribution in [2.45, 2.75) is 5.16 Å². The van der Waals surface area contributed by atoms with Gasteiger partial charge < -0.3 is 14.8 Å². The lowest BCUT2D eigenvalue weighted by molar-refractivity contribution is 0.0520. The van der Waals surface area contributed by atoms with E-state index < -0.39 is 5.97 Å². The van der Waals surface area contributed by atoms with Crippen LogP contribution in [-0.2, 0) is 4.74 Å². The molecule has 1 aromatic heterocycles. The van der Waals surface area contributed by atoms with Gasteiger partial charge in [-0.1, -0.05) is 42.1 Å². The van der Waals surface area contributed by atoms with Crippen molar-refractivity contribution in [3.8, 4) is 23.1 Å². The topological polar surface area (TPSA) is 97.1 Å². The van der Waals surface area contributed by atoms with Crippen LogP contribution in [0, 0.1) is 11.3 Å². The number of nitriles is 1. The summed E-state index contributed by atoms with van der Waals surface area (Å²) in [5.41, 5.74) is 2.18. The second-order valence-corrected chi connectivity index (χ2v) is 6.82. The Hall–Kier alpha value is -3.57. The number of hydrogen-bond acceptors (Lipinski definition) is 8. The molecule has 30 heavy (non-hydrogen) atoms. The molecule has 0 aliphatic heterocycles. The molecule has 0 spiro atoms. The Kier molecular flexibility index (Phi) is 7.24. The Morgan fingerprint density at radius 3 is 2.50 bits per heavy atom. The molecular weight excluding hydrogens is 400 g/mol. The number of carbonyl (C=O) groups is 1. The molecule has 1 heterocycles. The quantitative estimate of drug-likeness (QED) is 0.253. The van der Waals surface area contributed by atoms with Gasteiger partial charge in [0.25, 0.3) is 0 Å². The van der Waals surface area contributed by atoms with E-state index in [1.165, 1.54) is 11.8 Å². The summed E-state index contributed by atoms with van der Waals surface area (Å²) in [5, 5.41) is 13.3. The summed E-state index contributed by atoms with van der Waals surface area (Å²) in [7, 11) is 1.56. The highest BCUT2D eigenvalue weighted by Gasteiger charge is 2.16. The van der Waals surface area contributed by atoms with Gasteiger partial charge in [0, 0.05) is 5.56 Å². The Bertz CT molecular complexity index is 1050. The Morgan fingerprint density at radius 2 is 1.87 bits per heavy atom. The van der Waals surface area contributed by atoms with Crippen LogP contribution in [0.4, 0.5) is 5.82 Å². The van der Waals surface area contributed by atoms with Crippen molar-refractivity contribution in [3.63, 3.8) is 0 Å². The molecule has 0 bridgehead atoms. The van der Waals surface area contributed by atoms with Gasteiger partial charge in [-0.05, 0) is 30.5 Å². The first-order valence-corrected chi connectivity index (χ1v) is 10.4. The van der Waals surface area contributed by atoms with E-state index in [1.54, 1.807) is 31.4 Å². The minimum absolute atomic E-state index is 0.120. The molecule has 0 unspecified atom stereocenters. The van der Waals surface area contributed by atoms with Crippen LogP contribution >= 0.6 is 11.8 Å². The number of ether oxygens (including phenoxy) is 2. The van der Waals surface area contributed by atoms with Crippen molar-refractivity contribution >= 4 is 23.5 Å². The highest BCUT2D eigenvalue weighted by atomic mass is 32.2. The molecule has 0 aliphatic rings. The smallest absolute Gasteiger partial charge is 0.338 e. The van der Waals surface area contributed by atoms with Crippen molar-refractivity contribution in [2.75, 3.05) is 31.8 Å². The number of benzene rings is 2. The normalized spacial score (nSPS) is 10.2. The van der Waals surface area contributed by atoms with E-state index in [-0.39, 0.29) is 6.61 Å². The number of carbonyl (C=O) groups excluding carboxylic acids is 1. The van der Waals surface area contributed by atoms with Crippen molar-refractivity contribution in [2.24, 2.45) is 0 Å². The predicted octanol–water partition coefficient (Wildman–Crippen LogP) is 4.01. The molecule has 0 amide bonds. The van der Waals surface area contributed by atoms with Crippen molar-refractivity contribution in [3.05, 3.63) is 65.7 Å². The standard InChI is InChI=1S/C22H20N4O3S/c1-28-17-10-8-16(9-11-17)21(27)29-13-12-24-20-18(14-23)19(25-22(26-20)30-2)15-6-4-3-5-7-15/h3-11H,12-13H2,1-2H3,(H,24,25,26). The van der Waals surface area contributed by atoms with E-state index in [1.807, 2.05) is 36.6 Å². The number of nitrogens with one attached hydrogen (secondary N) is 1. The van der Waals surface area contributed by atoms with Crippen LogP contribution in [-0.4, -0.2) is 42.5 Å². The van der Waals surface area contributed by atoms with Crippen molar-refractivity contribution < 1.29 is 14.3 Å². The number of rotatable bonds is 8. The number of nitrogens with zero attached hydrogens (tertiary/aromatic N) is 3.